The predicted molar refractivity (Wildman–Crippen MR) is 72.5 cm³/mol. The molecule has 3 rings (SSSR count). The maximum atomic E-state index is 11.7. The molecule has 0 radical (unpaired) electrons. The second-order valence-electron chi connectivity index (χ2n) is 4.73. The van der Waals surface area contributed by atoms with Crippen molar-refractivity contribution in [2.75, 3.05) is 12.3 Å². The van der Waals surface area contributed by atoms with Gasteiger partial charge in [0.15, 0.2) is 17.4 Å². The number of fused-ring (bicyclic) bond motifs is 1. The van der Waals surface area contributed by atoms with Crippen LogP contribution in [0, 0.1) is 0 Å². The molecule has 1 aliphatic heterocycles. The molecule has 2 aromatic rings. The van der Waals surface area contributed by atoms with Gasteiger partial charge in [-0.3, -0.25) is 14.3 Å². The molecule has 0 saturated carbocycles. The summed E-state index contributed by atoms with van der Waals surface area (Å²) in [6, 6.07) is 0. The fraction of sp³-hybridized carbons (Fsp3) is 0.500. The molecular formula is C10H12N8O4. The number of rotatable bonds is 3. The van der Waals surface area contributed by atoms with Gasteiger partial charge in [-0.25, -0.2) is 4.98 Å². The van der Waals surface area contributed by atoms with Crippen LogP contribution in [0.1, 0.15) is 6.23 Å². The monoisotopic (exact) mass is 308 g/mol. The highest BCUT2D eigenvalue weighted by atomic mass is 16.6. The van der Waals surface area contributed by atoms with Gasteiger partial charge >= 0.3 is 0 Å². The van der Waals surface area contributed by atoms with Crippen LogP contribution in [0.25, 0.3) is 21.6 Å². The summed E-state index contributed by atoms with van der Waals surface area (Å²) < 4.78 is 6.78. The highest BCUT2D eigenvalue weighted by Gasteiger charge is 2.43. The number of aromatic amines is 1. The number of aromatic nitrogens is 4. The number of aliphatic hydroxyl groups is 2. The fourth-order valence-corrected chi connectivity index (χ4v) is 2.36. The third-order valence-electron chi connectivity index (χ3n) is 3.39. The number of nitrogen functional groups attached to an aromatic ring is 1. The SMILES string of the molecule is [N-]=[N+]=NC[C@@H]1O[C@@H](n2cnc3c(=O)[nH]c(N)nc32)[C@H](O)[C@@H]1O. The quantitative estimate of drug-likeness (QED) is 0.305. The van der Waals surface area contributed by atoms with Crippen molar-refractivity contribution in [1.82, 2.24) is 19.5 Å². The van der Waals surface area contributed by atoms with E-state index in [-0.39, 0.29) is 23.7 Å². The van der Waals surface area contributed by atoms with E-state index in [0.29, 0.717) is 0 Å². The van der Waals surface area contributed by atoms with Crippen molar-refractivity contribution in [3.05, 3.63) is 27.1 Å². The fourth-order valence-electron chi connectivity index (χ4n) is 2.36. The highest BCUT2D eigenvalue weighted by molar-refractivity contribution is 5.70. The summed E-state index contributed by atoms with van der Waals surface area (Å²) in [4.78, 5) is 24.5. The first-order valence-electron chi connectivity index (χ1n) is 6.27. The lowest BCUT2D eigenvalue weighted by Crippen LogP contribution is -2.32. The molecule has 0 amide bonds. The second kappa shape index (κ2) is 5.27. The Hall–Kier alpha value is -2.66. The smallest absolute Gasteiger partial charge is 0.280 e. The number of nitrogens with one attached hydrogen (secondary N) is 1. The number of anilines is 1. The zero-order chi connectivity index (χ0) is 15.9. The lowest BCUT2D eigenvalue weighted by Gasteiger charge is -2.16. The van der Waals surface area contributed by atoms with Gasteiger partial charge in [0.2, 0.25) is 5.95 Å². The van der Waals surface area contributed by atoms with Gasteiger partial charge < -0.3 is 20.7 Å². The van der Waals surface area contributed by atoms with Crippen LogP contribution in [0.15, 0.2) is 16.2 Å². The number of aliphatic hydroxyl groups excluding tert-OH is 2. The van der Waals surface area contributed by atoms with Gasteiger partial charge in [0.25, 0.3) is 5.56 Å². The molecule has 3 heterocycles. The average Bonchev–Trinajstić information content (AvgIpc) is 3.00. The van der Waals surface area contributed by atoms with Crippen LogP contribution in [0.3, 0.4) is 0 Å². The van der Waals surface area contributed by atoms with Crippen LogP contribution in [0.4, 0.5) is 5.95 Å². The summed E-state index contributed by atoms with van der Waals surface area (Å²) in [5.74, 6) is -0.113. The number of hydrogen-bond donors (Lipinski definition) is 4. The summed E-state index contributed by atoms with van der Waals surface area (Å²) >= 11 is 0. The number of nitrogens with two attached hydrogens (primary N) is 1. The molecule has 1 aliphatic rings. The van der Waals surface area contributed by atoms with Crippen molar-refractivity contribution in [2.24, 2.45) is 5.11 Å². The Balaban J connectivity index is 2.01. The summed E-state index contributed by atoms with van der Waals surface area (Å²) in [6.45, 7) is -0.145. The molecule has 0 unspecified atom stereocenters. The van der Waals surface area contributed by atoms with Crippen LogP contribution in [0.5, 0.6) is 0 Å². The Labute approximate surface area is 121 Å². The van der Waals surface area contributed by atoms with Gasteiger partial charge in [0, 0.05) is 4.91 Å². The van der Waals surface area contributed by atoms with Crippen molar-refractivity contribution in [3.8, 4) is 0 Å². The van der Waals surface area contributed by atoms with Crippen molar-refractivity contribution in [2.45, 2.75) is 24.5 Å². The number of H-pyrrole nitrogens is 1. The molecule has 5 N–H and O–H groups in total. The molecule has 2 aromatic heterocycles. The van der Waals surface area contributed by atoms with E-state index in [9.17, 15) is 15.0 Å². The summed E-state index contributed by atoms with van der Waals surface area (Å²) in [5.41, 5.74) is 13.4. The summed E-state index contributed by atoms with van der Waals surface area (Å²) in [5, 5.41) is 23.3. The van der Waals surface area contributed by atoms with Gasteiger partial charge in [0.05, 0.1) is 19.0 Å². The summed E-state index contributed by atoms with van der Waals surface area (Å²) in [7, 11) is 0. The molecule has 12 heteroatoms. The molecular weight excluding hydrogens is 296 g/mol. The van der Waals surface area contributed by atoms with Crippen LogP contribution >= 0.6 is 0 Å². The minimum Gasteiger partial charge on any atom is -0.388 e. The zero-order valence-electron chi connectivity index (χ0n) is 11.1. The Bertz CT molecular complexity index is 809. The van der Waals surface area contributed by atoms with Crippen LogP contribution < -0.4 is 11.3 Å². The van der Waals surface area contributed by atoms with E-state index in [1.54, 1.807) is 0 Å². The van der Waals surface area contributed by atoms with E-state index in [2.05, 4.69) is 25.0 Å². The Kier molecular flexibility index (Phi) is 3.42. The van der Waals surface area contributed by atoms with Crippen LogP contribution in [-0.4, -0.2) is 54.6 Å². The molecule has 12 nitrogen and oxygen atoms in total. The van der Waals surface area contributed by atoms with Gasteiger partial charge in [0.1, 0.15) is 12.2 Å². The number of imidazole rings is 1. The van der Waals surface area contributed by atoms with E-state index >= 15 is 0 Å². The largest absolute Gasteiger partial charge is 0.388 e. The van der Waals surface area contributed by atoms with Crippen molar-refractivity contribution in [3.63, 3.8) is 0 Å². The van der Waals surface area contributed by atoms with E-state index in [1.807, 2.05) is 0 Å². The second-order valence-corrected chi connectivity index (χ2v) is 4.73. The number of ether oxygens (including phenoxy) is 1. The average molecular weight is 308 g/mol. The number of azide groups is 1. The molecule has 0 spiro atoms. The van der Waals surface area contributed by atoms with Gasteiger partial charge in [-0.1, -0.05) is 5.11 Å². The van der Waals surface area contributed by atoms with Crippen LogP contribution in [0.2, 0.25) is 0 Å². The molecule has 1 saturated heterocycles. The highest BCUT2D eigenvalue weighted by Crippen LogP contribution is 2.31. The van der Waals surface area contributed by atoms with Crippen molar-refractivity contribution >= 4 is 17.1 Å². The number of nitrogens with zero attached hydrogens (tertiary/aromatic N) is 6. The first kappa shape index (κ1) is 14.3. The Morgan fingerprint density at radius 1 is 1.55 bits per heavy atom. The third-order valence-corrected chi connectivity index (χ3v) is 3.39. The molecule has 116 valence electrons. The van der Waals surface area contributed by atoms with Gasteiger partial charge in [-0.15, -0.1) is 0 Å². The lowest BCUT2D eigenvalue weighted by atomic mass is 10.1. The van der Waals surface area contributed by atoms with E-state index in [1.165, 1.54) is 10.9 Å². The predicted octanol–water partition coefficient (Wildman–Crippen LogP) is -1.37. The lowest BCUT2D eigenvalue weighted by molar-refractivity contribution is -0.0321. The van der Waals surface area contributed by atoms with Crippen LogP contribution in [-0.2, 0) is 4.74 Å². The minimum absolute atomic E-state index is 0.0259. The molecule has 1 fully saturated rings. The van der Waals surface area contributed by atoms with E-state index in [4.69, 9.17) is 16.0 Å². The normalized spacial score (nSPS) is 27.9. The number of hydrogen-bond acceptors (Lipinski definition) is 8. The first-order chi connectivity index (χ1) is 10.5. The van der Waals surface area contributed by atoms with Crippen molar-refractivity contribution < 1.29 is 14.9 Å². The minimum atomic E-state index is -1.31. The topological polar surface area (TPSA) is 188 Å². The molecule has 4 atom stereocenters. The zero-order valence-corrected chi connectivity index (χ0v) is 11.1. The Morgan fingerprint density at radius 2 is 2.32 bits per heavy atom. The van der Waals surface area contributed by atoms with E-state index < -0.39 is 30.1 Å². The maximum absolute atomic E-state index is 11.7. The molecule has 22 heavy (non-hydrogen) atoms. The molecule has 0 aliphatic carbocycles. The third kappa shape index (κ3) is 2.16. The first-order valence-corrected chi connectivity index (χ1v) is 6.27. The van der Waals surface area contributed by atoms with Gasteiger partial charge in [-0.05, 0) is 5.53 Å². The standard InChI is InChI=1S/C10H12N8O4/c11-10-15-7-4(8(21)16-10)13-2-18(7)9-6(20)5(19)3(22-9)1-14-17-12/h2-3,5-6,9,19-20H,1H2,(H3,11,15,16,21)/t3-,5+,6+,9+/m0/s1. The van der Waals surface area contributed by atoms with Gasteiger partial charge in [-0.2, -0.15) is 4.98 Å². The molecule has 0 bridgehead atoms. The maximum Gasteiger partial charge on any atom is 0.280 e. The van der Waals surface area contributed by atoms with E-state index in [0.717, 1.165) is 0 Å². The molecule has 0 aromatic carbocycles. The van der Waals surface area contributed by atoms with Crippen molar-refractivity contribution in [1.29, 1.82) is 0 Å². The summed E-state index contributed by atoms with van der Waals surface area (Å²) in [6.07, 6.45) is -3.23. The Morgan fingerprint density at radius 3 is 3.05 bits per heavy atom.